The first-order valence-corrected chi connectivity index (χ1v) is 6.69. The fourth-order valence-corrected chi connectivity index (χ4v) is 2.71. The average Bonchev–Trinajstić information content (AvgIpc) is 3.01. The Morgan fingerprint density at radius 2 is 2.37 bits per heavy atom. The molecule has 5 nitrogen and oxygen atoms in total. The Morgan fingerprint density at radius 3 is 3.21 bits per heavy atom. The fourth-order valence-electron chi connectivity index (χ4n) is 2.71. The molecule has 5 heteroatoms. The second kappa shape index (κ2) is 5.01. The number of aromatic nitrogens is 3. The zero-order valence-electron chi connectivity index (χ0n) is 11.0. The normalized spacial score (nSPS) is 17.6. The molecule has 19 heavy (non-hydrogen) atoms. The van der Waals surface area contributed by atoms with Gasteiger partial charge in [0.25, 0.3) is 0 Å². The van der Waals surface area contributed by atoms with E-state index in [4.69, 9.17) is 0 Å². The third kappa shape index (κ3) is 2.33. The zero-order chi connectivity index (χ0) is 13.2. The number of phenols is 1. The number of benzene rings is 1. The highest BCUT2D eigenvalue weighted by Crippen LogP contribution is 2.33. The van der Waals surface area contributed by atoms with Crippen molar-refractivity contribution in [1.82, 2.24) is 20.1 Å². The second-order valence-electron chi connectivity index (χ2n) is 4.89. The predicted octanol–water partition coefficient (Wildman–Crippen LogP) is 1.78. The number of fused-ring (bicyclic) bond motifs is 1. The van der Waals surface area contributed by atoms with Crippen molar-refractivity contribution in [2.45, 2.75) is 38.9 Å². The van der Waals surface area contributed by atoms with Crippen molar-refractivity contribution in [2.24, 2.45) is 0 Å². The molecule has 2 aromatic rings. The monoisotopic (exact) mass is 258 g/mol. The van der Waals surface area contributed by atoms with Crippen LogP contribution < -0.4 is 5.32 Å². The summed E-state index contributed by atoms with van der Waals surface area (Å²) in [5.74, 6) is 1.32. The lowest BCUT2D eigenvalue weighted by molar-refractivity contribution is 0.474. The SMILES string of the molecule is CCn1cnnc1CNC1CCc2cc(O)ccc21. The van der Waals surface area contributed by atoms with Crippen LogP contribution in [0, 0.1) is 0 Å². The van der Waals surface area contributed by atoms with Crippen molar-refractivity contribution in [3.05, 3.63) is 41.5 Å². The summed E-state index contributed by atoms with van der Waals surface area (Å²) < 4.78 is 2.04. The summed E-state index contributed by atoms with van der Waals surface area (Å²) in [5.41, 5.74) is 2.54. The lowest BCUT2D eigenvalue weighted by Gasteiger charge is -2.14. The molecule has 2 N–H and O–H groups in total. The summed E-state index contributed by atoms with van der Waals surface area (Å²) in [6.07, 6.45) is 3.85. The summed E-state index contributed by atoms with van der Waals surface area (Å²) in [7, 11) is 0. The standard InChI is InChI=1S/C14H18N4O/c1-2-18-9-16-17-14(18)8-15-13-6-3-10-7-11(19)4-5-12(10)13/h4-5,7,9,13,15,19H,2-3,6,8H2,1H3. The third-order valence-corrected chi connectivity index (χ3v) is 3.75. The van der Waals surface area contributed by atoms with Crippen molar-refractivity contribution in [1.29, 1.82) is 0 Å². The largest absolute Gasteiger partial charge is 0.508 e. The van der Waals surface area contributed by atoms with Gasteiger partial charge in [-0.1, -0.05) is 6.07 Å². The van der Waals surface area contributed by atoms with Gasteiger partial charge < -0.3 is 15.0 Å². The van der Waals surface area contributed by atoms with Gasteiger partial charge in [0.15, 0.2) is 0 Å². The number of phenolic OH excluding ortho intramolecular Hbond substituents is 1. The average molecular weight is 258 g/mol. The molecule has 1 aliphatic carbocycles. The van der Waals surface area contributed by atoms with Gasteiger partial charge in [0, 0.05) is 12.6 Å². The number of hydrogen-bond acceptors (Lipinski definition) is 4. The summed E-state index contributed by atoms with van der Waals surface area (Å²) in [5, 5.41) is 21.1. The van der Waals surface area contributed by atoms with Gasteiger partial charge in [0.2, 0.25) is 0 Å². The Labute approximate surface area is 112 Å². The fraction of sp³-hybridized carbons (Fsp3) is 0.429. The van der Waals surface area contributed by atoms with Gasteiger partial charge in [-0.3, -0.25) is 0 Å². The molecule has 0 radical (unpaired) electrons. The number of hydrogen-bond donors (Lipinski definition) is 2. The number of nitrogens with one attached hydrogen (secondary N) is 1. The van der Waals surface area contributed by atoms with Crippen LogP contribution in [0.3, 0.4) is 0 Å². The Morgan fingerprint density at radius 1 is 1.47 bits per heavy atom. The molecule has 0 saturated carbocycles. The van der Waals surface area contributed by atoms with Crippen LogP contribution in [-0.2, 0) is 19.5 Å². The van der Waals surface area contributed by atoms with Crippen molar-refractivity contribution < 1.29 is 5.11 Å². The molecule has 1 heterocycles. The minimum Gasteiger partial charge on any atom is -0.508 e. The van der Waals surface area contributed by atoms with Crippen molar-refractivity contribution in [3.8, 4) is 5.75 Å². The van der Waals surface area contributed by atoms with E-state index in [-0.39, 0.29) is 0 Å². The smallest absolute Gasteiger partial charge is 0.146 e. The molecule has 0 fully saturated rings. The van der Waals surface area contributed by atoms with Gasteiger partial charge in [-0.15, -0.1) is 10.2 Å². The molecular formula is C14H18N4O. The summed E-state index contributed by atoms with van der Waals surface area (Å²) in [4.78, 5) is 0. The Kier molecular flexibility index (Phi) is 3.21. The first kappa shape index (κ1) is 12.2. The molecule has 0 saturated heterocycles. The highest BCUT2D eigenvalue weighted by atomic mass is 16.3. The maximum atomic E-state index is 9.49. The van der Waals surface area contributed by atoms with Crippen molar-refractivity contribution in [3.63, 3.8) is 0 Å². The molecule has 1 aliphatic rings. The molecule has 0 bridgehead atoms. The van der Waals surface area contributed by atoms with Crippen LogP contribution in [0.1, 0.15) is 36.3 Å². The van der Waals surface area contributed by atoms with E-state index in [9.17, 15) is 5.11 Å². The van der Waals surface area contributed by atoms with Gasteiger partial charge in [-0.05, 0) is 43.0 Å². The van der Waals surface area contributed by atoms with Crippen LogP contribution in [-0.4, -0.2) is 19.9 Å². The number of rotatable bonds is 4. The van der Waals surface area contributed by atoms with Crippen molar-refractivity contribution >= 4 is 0 Å². The zero-order valence-corrected chi connectivity index (χ0v) is 11.0. The van der Waals surface area contributed by atoms with Crippen LogP contribution >= 0.6 is 0 Å². The minimum absolute atomic E-state index is 0.345. The van der Waals surface area contributed by atoms with E-state index in [1.54, 1.807) is 12.4 Å². The van der Waals surface area contributed by atoms with Gasteiger partial charge in [-0.25, -0.2) is 0 Å². The molecule has 1 aromatic heterocycles. The number of aryl methyl sites for hydroxylation is 2. The molecule has 1 aromatic carbocycles. The van der Waals surface area contributed by atoms with E-state index in [1.807, 2.05) is 16.7 Å². The van der Waals surface area contributed by atoms with Crippen LogP contribution in [0.15, 0.2) is 24.5 Å². The molecule has 3 rings (SSSR count). The summed E-state index contributed by atoms with van der Waals surface area (Å²) >= 11 is 0. The van der Waals surface area contributed by atoms with Gasteiger partial charge in [-0.2, -0.15) is 0 Å². The highest BCUT2D eigenvalue weighted by molar-refractivity contribution is 5.40. The van der Waals surface area contributed by atoms with Crippen LogP contribution in [0.4, 0.5) is 0 Å². The number of aromatic hydroxyl groups is 1. The van der Waals surface area contributed by atoms with Gasteiger partial charge in [0.05, 0.1) is 6.54 Å². The quantitative estimate of drug-likeness (QED) is 0.877. The van der Waals surface area contributed by atoms with E-state index in [0.29, 0.717) is 11.8 Å². The molecule has 0 spiro atoms. The molecule has 1 atom stereocenters. The third-order valence-electron chi connectivity index (χ3n) is 3.75. The van der Waals surface area contributed by atoms with Crippen LogP contribution in [0.25, 0.3) is 0 Å². The number of nitrogens with zero attached hydrogens (tertiary/aromatic N) is 3. The van der Waals surface area contributed by atoms with E-state index >= 15 is 0 Å². The topological polar surface area (TPSA) is 63.0 Å². The van der Waals surface area contributed by atoms with E-state index in [0.717, 1.165) is 31.8 Å². The first-order valence-electron chi connectivity index (χ1n) is 6.69. The van der Waals surface area contributed by atoms with E-state index in [1.165, 1.54) is 11.1 Å². The molecular weight excluding hydrogens is 240 g/mol. The maximum absolute atomic E-state index is 9.49. The summed E-state index contributed by atoms with van der Waals surface area (Å²) in [6.45, 7) is 3.69. The molecule has 0 amide bonds. The lowest BCUT2D eigenvalue weighted by atomic mass is 10.1. The molecule has 100 valence electrons. The lowest BCUT2D eigenvalue weighted by Crippen LogP contribution is -2.21. The van der Waals surface area contributed by atoms with E-state index in [2.05, 4.69) is 22.4 Å². The van der Waals surface area contributed by atoms with Gasteiger partial charge in [0.1, 0.15) is 17.9 Å². The van der Waals surface area contributed by atoms with Crippen LogP contribution in [0.5, 0.6) is 5.75 Å². The minimum atomic E-state index is 0.345. The predicted molar refractivity (Wildman–Crippen MR) is 71.7 cm³/mol. The van der Waals surface area contributed by atoms with Gasteiger partial charge >= 0.3 is 0 Å². The maximum Gasteiger partial charge on any atom is 0.146 e. The Balaban J connectivity index is 1.70. The summed E-state index contributed by atoms with van der Waals surface area (Å²) in [6, 6.07) is 5.98. The van der Waals surface area contributed by atoms with E-state index < -0.39 is 0 Å². The second-order valence-corrected chi connectivity index (χ2v) is 4.89. The highest BCUT2D eigenvalue weighted by Gasteiger charge is 2.22. The molecule has 0 aliphatic heterocycles. The Hall–Kier alpha value is -1.88. The first-order chi connectivity index (χ1) is 9.28. The Bertz CT molecular complexity index is 579. The van der Waals surface area contributed by atoms with Crippen molar-refractivity contribution in [2.75, 3.05) is 0 Å². The van der Waals surface area contributed by atoms with Crippen LogP contribution in [0.2, 0.25) is 0 Å². The molecule has 1 unspecified atom stereocenters.